The van der Waals surface area contributed by atoms with E-state index in [0.717, 1.165) is 63.8 Å². The van der Waals surface area contributed by atoms with Gasteiger partial charge in [0.1, 0.15) is 17.3 Å². The second kappa shape index (κ2) is 12.6. The Kier molecular flexibility index (Phi) is 8.42. The third-order valence-electron chi connectivity index (χ3n) is 9.68. The number of aryl methyl sites for hydroxylation is 3. The van der Waals surface area contributed by atoms with Crippen molar-refractivity contribution < 1.29 is 4.74 Å². The van der Waals surface area contributed by atoms with Crippen molar-refractivity contribution >= 4 is 21.8 Å². The molecule has 0 bridgehead atoms. The summed E-state index contributed by atoms with van der Waals surface area (Å²) in [6.45, 7) is 20.0. The van der Waals surface area contributed by atoms with Gasteiger partial charge in [-0.1, -0.05) is 77.9 Å². The number of rotatable bonds is 7. The van der Waals surface area contributed by atoms with E-state index in [-0.39, 0.29) is 10.8 Å². The molecule has 0 spiro atoms. The molecule has 50 heavy (non-hydrogen) atoms. The maximum absolute atomic E-state index is 6.68. The van der Waals surface area contributed by atoms with Crippen LogP contribution in [0.3, 0.4) is 0 Å². The van der Waals surface area contributed by atoms with Crippen LogP contribution in [0.15, 0.2) is 103 Å². The molecule has 0 saturated heterocycles. The van der Waals surface area contributed by atoms with E-state index < -0.39 is 0 Å². The monoisotopic (exact) mass is 660 g/mol. The number of benzene rings is 4. The quantitative estimate of drug-likeness (QED) is 0.171. The molecule has 7 aromatic rings. The lowest BCUT2D eigenvalue weighted by Crippen LogP contribution is -2.12. The van der Waals surface area contributed by atoms with Crippen LogP contribution in [0.1, 0.15) is 76.0 Å². The molecule has 3 heterocycles. The number of ether oxygens (including phenoxy) is 1. The predicted molar refractivity (Wildman–Crippen MR) is 208 cm³/mol. The number of pyridine rings is 1. The van der Waals surface area contributed by atoms with Gasteiger partial charge in [0.2, 0.25) is 0 Å². The first-order valence-electron chi connectivity index (χ1n) is 17.7. The van der Waals surface area contributed by atoms with E-state index in [9.17, 15) is 0 Å². The molecule has 5 nitrogen and oxygen atoms in total. The van der Waals surface area contributed by atoms with Gasteiger partial charge >= 0.3 is 0 Å². The average Bonchev–Trinajstić information content (AvgIpc) is 3.55. The molecule has 0 saturated carbocycles. The summed E-state index contributed by atoms with van der Waals surface area (Å²) in [5, 5.41) is 7.39. The van der Waals surface area contributed by atoms with Crippen LogP contribution in [0.25, 0.3) is 44.4 Å². The van der Waals surface area contributed by atoms with Gasteiger partial charge in [-0.15, -0.1) is 0 Å². The van der Waals surface area contributed by atoms with Crippen LogP contribution in [0, 0.1) is 26.2 Å². The van der Waals surface area contributed by atoms with Crippen LogP contribution < -0.4 is 4.74 Å². The molecule has 0 N–H and O–H groups in total. The Bertz CT molecular complexity index is 2350. The zero-order chi connectivity index (χ0) is 35.4. The summed E-state index contributed by atoms with van der Waals surface area (Å²) >= 11 is 0. The van der Waals surface area contributed by atoms with Crippen LogP contribution in [-0.4, -0.2) is 19.3 Å². The number of fused-ring (bicyclic) bond motifs is 3. The first-order valence-corrected chi connectivity index (χ1v) is 17.7. The first-order chi connectivity index (χ1) is 23.7. The van der Waals surface area contributed by atoms with E-state index in [1.54, 1.807) is 0 Å². The van der Waals surface area contributed by atoms with E-state index in [1.807, 2.05) is 16.9 Å². The molecule has 0 fully saturated rings. The lowest BCUT2D eigenvalue weighted by atomic mass is 9.88. The van der Waals surface area contributed by atoms with Crippen LogP contribution in [0.2, 0.25) is 0 Å². The molecule has 254 valence electrons. The van der Waals surface area contributed by atoms with Crippen molar-refractivity contribution in [1.29, 1.82) is 0 Å². The van der Waals surface area contributed by atoms with E-state index in [2.05, 4.69) is 158 Å². The van der Waals surface area contributed by atoms with Gasteiger partial charge in [0.05, 0.1) is 22.4 Å². The highest BCUT2D eigenvalue weighted by Crippen LogP contribution is 2.38. The molecule has 4 aromatic carbocycles. The fourth-order valence-electron chi connectivity index (χ4n) is 7.00. The molecule has 0 aliphatic rings. The molecule has 5 heteroatoms. The summed E-state index contributed by atoms with van der Waals surface area (Å²) in [4.78, 5) is 4.91. The summed E-state index contributed by atoms with van der Waals surface area (Å²) < 4.78 is 11.0. The smallest absolute Gasteiger partial charge is 0.137 e. The average molecular weight is 661 g/mol. The number of hydrogen-bond acceptors (Lipinski definition) is 3. The van der Waals surface area contributed by atoms with Crippen molar-refractivity contribution in [2.45, 2.75) is 80.6 Å². The van der Waals surface area contributed by atoms with Gasteiger partial charge < -0.3 is 4.74 Å². The molecule has 3 aromatic heterocycles. The zero-order valence-corrected chi connectivity index (χ0v) is 30.9. The lowest BCUT2D eigenvalue weighted by molar-refractivity contribution is 0.378. The highest BCUT2D eigenvalue weighted by atomic mass is 16.5. The Morgan fingerprint density at radius 2 is 1.48 bits per heavy atom. The topological polar surface area (TPSA) is 44.9 Å². The van der Waals surface area contributed by atoms with Gasteiger partial charge in [0.15, 0.2) is 0 Å². The fourth-order valence-corrected chi connectivity index (χ4v) is 7.00. The van der Waals surface area contributed by atoms with Gasteiger partial charge in [-0.3, -0.25) is 4.57 Å². The standard InChI is InChI=1S/C45H48N4O/c1-29-23-35(49-31(3)43(30(2)47-49)33-13-11-10-12-14-33)27-37(24-29)50-36-16-17-38-39-25-32(19-21-44(4,5)6)15-18-40(39)48(41(38)28-36)42-26-34(20-22-46-42)45(7,8)9/h10-18,20,22-28H,19,21H2,1-9H3. The minimum atomic E-state index is 0.00105. The SMILES string of the molecule is Cc1cc(Oc2ccc3c4cc(CCC(C)(C)C)ccc4n(-c4cc(C(C)(C)C)ccn4)c3c2)cc(-n2nc(C)c(-c3ccccc3)c2C)c1. The summed E-state index contributed by atoms with van der Waals surface area (Å²) in [7, 11) is 0. The van der Waals surface area contributed by atoms with Crippen molar-refractivity contribution in [3.63, 3.8) is 0 Å². The highest BCUT2D eigenvalue weighted by molar-refractivity contribution is 6.09. The van der Waals surface area contributed by atoms with Crippen LogP contribution in [0.5, 0.6) is 11.5 Å². The predicted octanol–water partition coefficient (Wildman–Crippen LogP) is 12.0. The number of hydrogen-bond donors (Lipinski definition) is 0. The number of nitrogens with zero attached hydrogens (tertiary/aromatic N) is 4. The maximum Gasteiger partial charge on any atom is 0.137 e. The van der Waals surface area contributed by atoms with Gasteiger partial charge in [-0.25, -0.2) is 9.67 Å². The second-order valence-electron chi connectivity index (χ2n) is 16.0. The molecule has 0 aliphatic carbocycles. The summed E-state index contributed by atoms with van der Waals surface area (Å²) in [5.74, 6) is 2.46. The Hall–Kier alpha value is -5.16. The van der Waals surface area contributed by atoms with E-state index in [0.29, 0.717) is 0 Å². The number of aromatic nitrogens is 4. The van der Waals surface area contributed by atoms with Gasteiger partial charge in [0, 0.05) is 40.4 Å². The summed E-state index contributed by atoms with van der Waals surface area (Å²) in [5.41, 5.74) is 11.6. The molecule has 0 atom stereocenters. The minimum Gasteiger partial charge on any atom is -0.457 e. The summed E-state index contributed by atoms with van der Waals surface area (Å²) in [6.07, 6.45) is 4.11. The maximum atomic E-state index is 6.68. The van der Waals surface area contributed by atoms with Crippen molar-refractivity contribution in [1.82, 2.24) is 19.3 Å². The Balaban J connectivity index is 1.32. The third-order valence-corrected chi connectivity index (χ3v) is 9.68. The Morgan fingerprint density at radius 3 is 2.22 bits per heavy atom. The normalized spacial score (nSPS) is 12.3. The van der Waals surface area contributed by atoms with E-state index >= 15 is 0 Å². The highest BCUT2D eigenvalue weighted by Gasteiger charge is 2.20. The van der Waals surface area contributed by atoms with Crippen molar-refractivity contribution in [2.75, 3.05) is 0 Å². The van der Waals surface area contributed by atoms with Gasteiger partial charge in [0.25, 0.3) is 0 Å². The molecule has 7 rings (SSSR count). The fraction of sp³-hybridized carbons (Fsp3) is 0.289. The summed E-state index contributed by atoms with van der Waals surface area (Å²) in [6, 6.07) is 34.5. The van der Waals surface area contributed by atoms with Crippen molar-refractivity contribution in [2.24, 2.45) is 5.41 Å². The third kappa shape index (κ3) is 6.57. The zero-order valence-electron chi connectivity index (χ0n) is 30.9. The van der Waals surface area contributed by atoms with Crippen LogP contribution in [0.4, 0.5) is 0 Å². The van der Waals surface area contributed by atoms with Gasteiger partial charge in [-0.2, -0.15) is 5.10 Å². The van der Waals surface area contributed by atoms with Crippen molar-refractivity contribution in [3.05, 3.63) is 131 Å². The minimum absolute atomic E-state index is 0.00105. The molecule has 0 unspecified atom stereocenters. The second-order valence-corrected chi connectivity index (χ2v) is 16.0. The first kappa shape index (κ1) is 33.3. The Morgan fingerprint density at radius 1 is 0.700 bits per heavy atom. The molecule has 0 aliphatic heterocycles. The lowest BCUT2D eigenvalue weighted by Gasteiger charge is -2.20. The Labute approximate surface area is 296 Å². The van der Waals surface area contributed by atoms with Crippen molar-refractivity contribution in [3.8, 4) is 34.1 Å². The largest absolute Gasteiger partial charge is 0.457 e. The molecular formula is C45H48N4O. The molecular weight excluding hydrogens is 613 g/mol. The van der Waals surface area contributed by atoms with Gasteiger partial charge in [-0.05, 0) is 115 Å². The van der Waals surface area contributed by atoms with E-state index in [1.165, 1.54) is 33.0 Å². The van der Waals surface area contributed by atoms with E-state index in [4.69, 9.17) is 14.8 Å². The van der Waals surface area contributed by atoms with Crippen LogP contribution in [-0.2, 0) is 11.8 Å². The van der Waals surface area contributed by atoms with Crippen LogP contribution >= 0.6 is 0 Å². The molecule has 0 amide bonds. The molecule has 0 radical (unpaired) electrons.